The molecule has 96 valence electrons. The molecule has 0 bridgehead atoms. The number of hydrogen-bond acceptors (Lipinski definition) is 1. The summed E-state index contributed by atoms with van der Waals surface area (Å²) in [4.78, 5) is 0. The van der Waals surface area contributed by atoms with Crippen LogP contribution in [0.4, 0.5) is 0 Å². The second kappa shape index (κ2) is 4.81. The molecule has 19 heavy (non-hydrogen) atoms. The summed E-state index contributed by atoms with van der Waals surface area (Å²) in [6.07, 6.45) is 2.13. The second-order valence-electron chi connectivity index (χ2n) is 4.86. The van der Waals surface area contributed by atoms with E-state index < -0.39 is 0 Å². The maximum absolute atomic E-state index is 5.26. The smallest absolute Gasteiger partial charge is 0.119 e. The van der Waals surface area contributed by atoms with Crippen LogP contribution < -0.4 is 4.74 Å². The zero-order valence-corrected chi connectivity index (χ0v) is 11.3. The van der Waals surface area contributed by atoms with Crippen molar-refractivity contribution in [3.63, 3.8) is 0 Å². The monoisotopic (exact) mass is 251 g/mol. The van der Waals surface area contributed by atoms with Gasteiger partial charge in [-0.3, -0.25) is 0 Å². The lowest BCUT2D eigenvalue weighted by Crippen LogP contribution is -1.97. The highest BCUT2D eigenvalue weighted by molar-refractivity contribution is 5.81. The van der Waals surface area contributed by atoms with Crippen LogP contribution in [0, 0.1) is 6.92 Å². The third-order valence-corrected chi connectivity index (χ3v) is 3.41. The van der Waals surface area contributed by atoms with E-state index in [1.54, 1.807) is 7.11 Å². The lowest BCUT2D eigenvalue weighted by Gasteiger charge is -2.07. The maximum Gasteiger partial charge on any atom is 0.119 e. The zero-order chi connectivity index (χ0) is 13.2. The lowest BCUT2D eigenvalue weighted by atomic mass is 10.1. The summed E-state index contributed by atoms with van der Waals surface area (Å²) < 4.78 is 7.52. The number of benzene rings is 2. The van der Waals surface area contributed by atoms with E-state index in [-0.39, 0.29) is 0 Å². The Labute approximate surface area is 113 Å². The third-order valence-electron chi connectivity index (χ3n) is 3.41. The van der Waals surface area contributed by atoms with Gasteiger partial charge in [-0.1, -0.05) is 29.8 Å². The maximum atomic E-state index is 5.26. The molecule has 0 fully saturated rings. The predicted molar refractivity (Wildman–Crippen MR) is 78.8 cm³/mol. The van der Waals surface area contributed by atoms with Crippen LogP contribution in [0.5, 0.6) is 5.75 Å². The van der Waals surface area contributed by atoms with Gasteiger partial charge in [-0.2, -0.15) is 0 Å². The molecule has 2 aromatic carbocycles. The molecule has 2 nitrogen and oxygen atoms in total. The minimum atomic E-state index is 0.900. The predicted octanol–water partition coefficient (Wildman–Crippen LogP) is 4.01. The fourth-order valence-electron chi connectivity index (χ4n) is 2.45. The SMILES string of the molecule is COc1ccc2c(ccn2Cc2cccc(C)c2)c1. The van der Waals surface area contributed by atoms with E-state index in [0.717, 1.165) is 12.3 Å². The molecule has 0 radical (unpaired) electrons. The average molecular weight is 251 g/mol. The van der Waals surface area contributed by atoms with Gasteiger partial charge in [-0.05, 0) is 36.8 Å². The van der Waals surface area contributed by atoms with Gasteiger partial charge in [-0.25, -0.2) is 0 Å². The van der Waals surface area contributed by atoms with E-state index >= 15 is 0 Å². The average Bonchev–Trinajstić information content (AvgIpc) is 2.81. The molecule has 3 aromatic rings. The molecule has 0 amide bonds. The quantitative estimate of drug-likeness (QED) is 0.686. The van der Waals surface area contributed by atoms with Gasteiger partial charge in [0, 0.05) is 23.6 Å². The van der Waals surface area contributed by atoms with Crippen LogP contribution in [-0.2, 0) is 6.54 Å². The summed E-state index contributed by atoms with van der Waals surface area (Å²) in [7, 11) is 1.70. The molecule has 0 saturated carbocycles. The van der Waals surface area contributed by atoms with Gasteiger partial charge in [0.15, 0.2) is 0 Å². The van der Waals surface area contributed by atoms with Crippen LogP contribution in [-0.4, -0.2) is 11.7 Å². The molecule has 1 heterocycles. The van der Waals surface area contributed by atoms with Gasteiger partial charge in [-0.15, -0.1) is 0 Å². The van der Waals surface area contributed by atoms with Crippen LogP contribution in [0.2, 0.25) is 0 Å². The van der Waals surface area contributed by atoms with Gasteiger partial charge < -0.3 is 9.30 Å². The first-order valence-electron chi connectivity index (χ1n) is 6.45. The molecule has 3 rings (SSSR count). The molecule has 0 aliphatic carbocycles. The first-order chi connectivity index (χ1) is 9.26. The minimum Gasteiger partial charge on any atom is -0.497 e. The van der Waals surface area contributed by atoms with Gasteiger partial charge in [0.2, 0.25) is 0 Å². The van der Waals surface area contributed by atoms with Crippen molar-refractivity contribution in [1.29, 1.82) is 0 Å². The van der Waals surface area contributed by atoms with E-state index in [4.69, 9.17) is 4.74 Å². The number of hydrogen-bond donors (Lipinski definition) is 0. The van der Waals surface area contributed by atoms with Crippen molar-refractivity contribution in [2.75, 3.05) is 7.11 Å². The van der Waals surface area contributed by atoms with Crippen molar-refractivity contribution in [3.8, 4) is 5.75 Å². The first kappa shape index (κ1) is 11.8. The fourth-order valence-corrected chi connectivity index (χ4v) is 2.45. The highest BCUT2D eigenvalue weighted by Gasteiger charge is 2.03. The number of ether oxygens (including phenoxy) is 1. The highest BCUT2D eigenvalue weighted by atomic mass is 16.5. The van der Waals surface area contributed by atoms with E-state index in [2.05, 4.69) is 60.2 Å². The van der Waals surface area contributed by atoms with Gasteiger partial charge >= 0.3 is 0 Å². The fraction of sp³-hybridized carbons (Fsp3) is 0.176. The van der Waals surface area contributed by atoms with E-state index in [1.165, 1.54) is 22.0 Å². The Hall–Kier alpha value is -2.22. The van der Waals surface area contributed by atoms with E-state index in [1.807, 2.05) is 6.07 Å². The van der Waals surface area contributed by atoms with Crippen LogP contribution in [0.3, 0.4) is 0 Å². The van der Waals surface area contributed by atoms with Crippen molar-refractivity contribution < 1.29 is 4.74 Å². The van der Waals surface area contributed by atoms with Gasteiger partial charge in [0.1, 0.15) is 5.75 Å². The molecule has 0 aliphatic heterocycles. The van der Waals surface area contributed by atoms with Crippen LogP contribution >= 0.6 is 0 Å². The van der Waals surface area contributed by atoms with Gasteiger partial charge in [0.25, 0.3) is 0 Å². The summed E-state index contributed by atoms with van der Waals surface area (Å²) in [5.74, 6) is 0.904. The van der Waals surface area contributed by atoms with Crippen molar-refractivity contribution in [2.24, 2.45) is 0 Å². The molecular weight excluding hydrogens is 234 g/mol. The molecule has 0 atom stereocenters. The van der Waals surface area contributed by atoms with Crippen molar-refractivity contribution in [3.05, 3.63) is 65.9 Å². The zero-order valence-electron chi connectivity index (χ0n) is 11.3. The van der Waals surface area contributed by atoms with Gasteiger partial charge in [0.05, 0.1) is 7.11 Å². The Balaban J connectivity index is 1.97. The number of rotatable bonds is 3. The molecule has 1 aromatic heterocycles. The van der Waals surface area contributed by atoms with Crippen LogP contribution in [0.15, 0.2) is 54.7 Å². The number of aromatic nitrogens is 1. The summed E-state index contributed by atoms with van der Waals surface area (Å²) in [5, 5.41) is 1.21. The third kappa shape index (κ3) is 2.34. The Bertz CT molecular complexity index is 712. The van der Waals surface area contributed by atoms with Crippen LogP contribution in [0.1, 0.15) is 11.1 Å². The molecule has 0 aliphatic rings. The number of aryl methyl sites for hydroxylation is 1. The molecule has 2 heteroatoms. The van der Waals surface area contributed by atoms with Crippen molar-refractivity contribution >= 4 is 10.9 Å². The first-order valence-corrected chi connectivity index (χ1v) is 6.45. The molecule has 0 N–H and O–H groups in total. The van der Waals surface area contributed by atoms with Crippen molar-refractivity contribution in [2.45, 2.75) is 13.5 Å². The summed E-state index contributed by atoms with van der Waals surface area (Å²) >= 11 is 0. The lowest BCUT2D eigenvalue weighted by molar-refractivity contribution is 0.415. The topological polar surface area (TPSA) is 14.2 Å². The molecule has 0 saturated heterocycles. The Kier molecular flexibility index (Phi) is 3.00. The molecule has 0 unspecified atom stereocenters. The Morgan fingerprint density at radius 3 is 2.74 bits per heavy atom. The number of methoxy groups -OCH3 is 1. The Morgan fingerprint density at radius 2 is 1.95 bits per heavy atom. The second-order valence-corrected chi connectivity index (χ2v) is 4.86. The number of nitrogens with zero attached hydrogens (tertiary/aromatic N) is 1. The summed E-state index contributed by atoms with van der Waals surface area (Å²) in [5.41, 5.74) is 3.87. The summed E-state index contributed by atoms with van der Waals surface area (Å²) in [6.45, 7) is 3.03. The summed E-state index contributed by atoms with van der Waals surface area (Å²) in [6, 6.07) is 17.0. The highest BCUT2D eigenvalue weighted by Crippen LogP contribution is 2.22. The molecule has 0 spiro atoms. The van der Waals surface area contributed by atoms with Crippen LogP contribution in [0.25, 0.3) is 10.9 Å². The largest absolute Gasteiger partial charge is 0.497 e. The normalized spacial score (nSPS) is 10.8. The standard InChI is InChI=1S/C17H17NO/c1-13-4-3-5-14(10-13)12-18-9-8-15-11-16(19-2)6-7-17(15)18/h3-11H,12H2,1-2H3. The molecular formula is C17H17NO. The van der Waals surface area contributed by atoms with E-state index in [9.17, 15) is 0 Å². The Morgan fingerprint density at radius 1 is 1.05 bits per heavy atom. The van der Waals surface area contributed by atoms with E-state index in [0.29, 0.717) is 0 Å². The minimum absolute atomic E-state index is 0.900. The number of fused-ring (bicyclic) bond motifs is 1. The van der Waals surface area contributed by atoms with Crippen molar-refractivity contribution in [1.82, 2.24) is 4.57 Å².